The monoisotopic (exact) mass is 497 g/mol. The first-order valence-corrected chi connectivity index (χ1v) is 10.7. The largest absolute Gasteiger partial charge is 0.497 e. The van der Waals surface area contributed by atoms with Crippen LogP contribution >= 0.6 is 11.6 Å². The van der Waals surface area contributed by atoms with Crippen LogP contribution in [0.1, 0.15) is 11.1 Å². The zero-order chi connectivity index (χ0) is 25.2. The zero-order valence-corrected chi connectivity index (χ0v) is 20.1. The number of halogens is 1. The third-order valence-corrected chi connectivity index (χ3v) is 5.08. The van der Waals surface area contributed by atoms with Gasteiger partial charge in [0.1, 0.15) is 29.6 Å². The molecule has 0 spiro atoms. The van der Waals surface area contributed by atoms with E-state index in [1.807, 2.05) is 12.1 Å². The predicted molar refractivity (Wildman–Crippen MR) is 133 cm³/mol. The summed E-state index contributed by atoms with van der Waals surface area (Å²) in [5.41, 5.74) is 3.91. The van der Waals surface area contributed by atoms with Gasteiger partial charge in [-0.15, -0.1) is 0 Å². The van der Waals surface area contributed by atoms with Gasteiger partial charge in [0.2, 0.25) is 0 Å². The van der Waals surface area contributed by atoms with Gasteiger partial charge in [0.15, 0.2) is 0 Å². The molecule has 0 aliphatic carbocycles. The number of nitrogens with zero attached hydrogens (tertiary/aromatic N) is 1. The summed E-state index contributed by atoms with van der Waals surface area (Å²) in [5, 5.41) is 6.83. The van der Waals surface area contributed by atoms with Gasteiger partial charge in [0, 0.05) is 11.6 Å². The summed E-state index contributed by atoms with van der Waals surface area (Å²) in [5.74, 6) is 0.195. The maximum atomic E-state index is 12.2. The Morgan fingerprint density at radius 2 is 1.66 bits per heavy atom. The van der Waals surface area contributed by atoms with Gasteiger partial charge in [-0.05, 0) is 48.0 Å². The first-order valence-electron chi connectivity index (χ1n) is 10.4. The van der Waals surface area contributed by atoms with Crippen molar-refractivity contribution in [3.63, 3.8) is 0 Å². The number of hydrazone groups is 1. The lowest BCUT2D eigenvalue weighted by atomic mass is 10.1. The van der Waals surface area contributed by atoms with Crippen molar-refractivity contribution in [3.05, 3.63) is 76.8 Å². The molecule has 0 fully saturated rings. The third kappa shape index (κ3) is 6.87. The maximum Gasteiger partial charge on any atom is 0.329 e. The standard InChI is InChI=1S/C25H24ClN3O6/c1-32-18-9-10-20(23(13-18)34-3)28-24(30)25(31)29-27-14-16-8-11-21(33-2)17(12-16)15-35-22-7-5-4-6-19(22)26/h4-14H,15H2,1-3H3,(H,28,30)(H,29,31)/b27-14+. The highest BCUT2D eigenvalue weighted by molar-refractivity contribution is 6.39. The van der Waals surface area contributed by atoms with Crippen LogP contribution in [-0.4, -0.2) is 39.4 Å². The minimum absolute atomic E-state index is 0.201. The third-order valence-electron chi connectivity index (χ3n) is 4.77. The predicted octanol–water partition coefficient (Wildman–Crippen LogP) is 4.03. The van der Waals surface area contributed by atoms with Crippen LogP contribution in [0.3, 0.4) is 0 Å². The van der Waals surface area contributed by atoms with Gasteiger partial charge < -0.3 is 24.3 Å². The fraction of sp³-hybridized carbons (Fsp3) is 0.160. The molecule has 2 N–H and O–H groups in total. The Labute approximate surface area is 207 Å². The van der Waals surface area contributed by atoms with Crippen molar-refractivity contribution in [2.45, 2.75) is 6.61 Å². The van der Waals surface area contributed by atoms with Crippen molar-refractivity contribution in [2.75, 3.05) is 26.6 Å². The molecule has 0 aliphatic rings. The van der Waals surface area contributed by atoms with Crippen molar-refractivity contribution in [1.82, 2.24) is 5.43 Å². The fourth-order valence-corrected chi connectivity index (χ4v) is 3.20. The molecule has 0 unspecified atom stereocenters. The van der Waals surface area contributed by atoms with E-state index in [4.69, 9.17) is 30.5 Å². The summed E-state index contributed by atoms with van der Waals surface area (Å²) >= 11 is 6.14. The van der Waals surface area contributed by atoms with Crippen LogP contribution in [-0.2, 0) is 16.2 Å². The number of hydrogen-bond acceptors (Lipinski definition) is 7. The minimum atomic E-state index is -0.949. The van der Waals surface area contributed by atoms with E-state index in [9.17, 15) is 9.59 Å². The normalized spacial score (nSPS) is 10.5. The van der Waals surface area contributed by atoms with Gasteiger partial charge in [-0.3, -0.25) is 9.59 Å². The molecule has 0 bridgehead atoms. The van der Waals surface area contributed by atoms with Crippen LogP contribution < -0.4 is 29.7 Å². The number of nitrogens with one attached hydrogen (secondary N) is 2. The molecule has 0 aliphatic heterocycles. The lowest BCUT2D eigenvalue weighted by Crippen LogP contribution is -2.32. The number of methoxy groups -OCH3 is 3. The summed E-state index contributed by atoms with van der Waals surface area (Å²) < 4.78 is 21.5. The van der Waals surface area contributed by atoms with Crippen LogP contribution in [0.25, 0.3) is 0 Å². The molecule has 0 radical (unpaired) electrons. The van der Waals surface area contributed by atoms with Crippen LogP contribution in [0, 0.1) is 0 Å². The average molecular weight is 498 g/mol. The van der Waals surface area contributed by atoms with E-state index in [0.717, 1.165) is 5.56 Å². The Morgan fingerprint density at radius 1 is 0.886 bits per heavy atom. The number of ether oxygens (including phenoxy) is 4. The average Bonchev–Trinajstić information content (AvgIpc) is 2.88. The number of anilines is 1. The molecule has 0 aromatic heterocycles. The van der Waals surface area contributed by atoms with E-state index in [1.54, 1.807) is 55.6 Å². The second-order valence-electron chi connectivity index (χ2n) is 7.01. The van der Waals surface area contributed by atoms with Gasteiger partial charge in [0.05, 0.1) is 38.3 Å². The summed E-state index contributed by atoms with van der Waals surface area (Å²) in [4.78, 5) is 24.4. The molecular weight excluding hydrogens is 474 g/mol. The molecule has 182 valence electrons. The Balaban J connectivity index is 1.62. The molecule has 0 saturated heterocycles. The number of carbonyl (C=O) groups excluding carboxylic acids is 2. The number of amides is 2. The first-order chi connectivity index (χ1) is 16.9. The summed E-state index contributed by atoms with van der Waals surface area (Å²) in [7, 11) is 4.51. The Kier molecular flexibility index (Phi) is 8.91. The number of benzene rings is 3. The first kappa shape index (κ1) is 25.4. The van der Waals surface area contributed by atoms with Crippen molar-refractivity contribution >= 4 is 35.3 Å². The van der Waals surface area contributed by atoms with E-state index in [-0.39, 0.29) is 6.61 Å². The summed E-state index contributed by atoms with van der Waals surface area (Å²) in [6.45, 7) is 0.201. The minimum Gasteiger partial charge on any atom is -0.497 e. The highest BCUT2D eigenvalue weighted by Gasteiger charge is 2.16. The molecule has 3 rings (SSSR count). The van der Waals surface area contributed by atoms with Crippen molar-refractivity contribution in [3.8, 4) is 23.0 Å². The molecule has 3 aromatic carbocycles. The maximum absolute atomic E-state index is 12.2. The van der Waals surface area contributed by atoms with Gasteiger partial charge in [-0.1, -0.05) is 23.7 Å². The smallest absolute Gasteiger partial charge is 0.329 e. The number of hydrogen-bond donors (Lipinski definition) is 2. The Bertz CT molecular complexity index is 1230. The van der Waals surface area contributed by atoms with Crippen molar-refractivity contribution in [1.29, 1.82) is 0 Å². The van der Waals surface area contributed by atoms with E-state index < -0.39 is 11.8 Å². The van der Waals surface area contributed by atoms with Crippen LogP contribution in [0.15, 0.2) is 65.8 Å². The molecule has 3 aromatic rings. The van der Waals surface area contributed by atoms with Crippen LogP contribution in [0.2, 0.25) is 5.02 Å². The number of para-hydroxylation sites is 1. The van der Waals surface area contributed by atoms with Gasteiger partial charge in [-0.25, -0.2) is 5.43 Å². The SMILES string of the molecule is COc1ccc(NC(=O)C(=O)N/N=C/c2ccc(OC)c(COc3ccccc3Cl)c2)c(OC)c1. The highest BCUT2D eigenvalue weighted by atomic mass is 35.5. The van der Waals surface area contributed by atoms with Crippen LogP contribution in [0.4, 0.5) is 5.69 Å². The van der Waals surface area contributed by atoms with Gasteiger partial charge in [0.25, 0.3) is 0 Å². The van der Waals surface area contributed by atoms with Crippen LogP contribution in [0.5, 0.6) is 23.0 Å². The Hall–Kier alpha value is -4.24. The van der Waals surface area contributed by atoms with E-state index >= 15 is 0 Å². The lowest BCUT2D eigenvalue weighted by molar-refractivity contribution is -0.136. The lowest BCUT2D eigenvalue weighted by Gasteiger charge is -2.12. The topological polar surface area (TPSA) is 107 Å². The fourth-order valence-electron chi connectivity index (χ4n) is 3.01. The van der Waals surface area contributed by atoms with E-state index in [2.05, 4.69) is 15.8 Å². The molecule has 10 heteroatoms. The molecule has 2 amide bonds. The van der Waals surface area contributed by atoms with Gasteiger partial charge in [-0.2, -0.15) is 5.10 Å². The summed E-state index contributed by atoms with van der Waals surface area (Å²) in [6.07, 6.45) is 1.40. The van der Waals surface area contributed by atoms with Crippen molar-refractivity contribution in [2.24, 2.45) is 5.10 Å². The molecular formula is C25H24ClN3O6. The number of rotatable bonds is 9. The molecule has 0 saturated carbocycles. The molecule has 0 heterocycles. The van der Waals surface area contributed by atoms with Gasteiger partial charge >= 0.3 is 11.8 Å². The summed E-state index contributed by atoms with van der Waals surface area (Å²) in [6, 6.07) is 17.2. The highest BCUT2D eigenvalue weighted by Crippen LogP contribution is 2.29. The molecule has 0 atom stereocenters. The second-order valence-corrected chi connectivity index (χ2v) is 7.42. The molecule has 9 nitrogen and oxygen atoms in total. The van der Waals surface area contributed by atoms with E-state index in [0.29, 0.717) is 39.3 Å². The quantitative estimate of drug-likeness (QED) is 0.262. The van der Waals surface area contributed by atoms with Crippen molar-refractivity contribution < 1.29 is 28.5 Å². The number of carbonyl (C=O) groups is 2. The van der Waals surface area contributed by atoms with E-state index in [1.165, 1.54) is 20.4 Å². The Morgan fingerprint density at radius 3 is 2.37 bits per heavy atom. The molecule has 35 heavy (non-hydrogen) atoms. The second kappa shape index (κ2) is 12.3. The zero-order valence-electron chi connectivity index (χ0n) is 19.3.